The Kier molecular flexibility index (Phi) is 4.32. The van der Waals surface area contributed by atoms with E-state index < -0.39 is 26.1 Å². The first-order valence-corrected chi connectivity index (χ1v) is 7.17. The lowest BCUT2D eigenvalue weighted by atomic mass is 10.1. The summed E-state index contributed by atoms with van der Waals surface area (Å²) in [4.78, 5) is -0.826. The Balaban J connectivity index is 3.63. The zero-order valence-electron chi connectivity index (χ0n) is 9.45. The van der Waals surface area contributed by atoms with Crippen LogP contribution in [0.1, 0.15) is 18.1 Å². The standard InChI is InChI=1S/C10H7ClF3NO3S/c1-2-7-6(5-15)3-4-8(18-10(12,13)14)9(7)19(11,16)17/h3-4H,2H2,1H3. The van der Waals surface area contributed by atoms with Crippen LogP contribution in [0.15, 0.2) is 17.0 Å². The summed E-state index contributed by atoms with van der Waals surface area (Å²) in [6, 6.07) is 3.49. The van der Waals surface area contributed by atoms with Gasteiger partial charge in [0.2, 0.25) is 0 Å². The smallest absolute Gasteiger partial charge is 0.404 e. The number of alkyl halides is 3. The van der Waals surface area contributed by atoms with Crippen LogP contribution in [0, 0.1) is 11.3 Å². The van der Waals surface area contributed by atoms with Gasteiger partial charge in [0, 0.05) is 10.7 Å². The summed E-state index contributed by atoms with van der Waals surface area (Å²) in [5.41, 5.74) is -0.185. The second-order valence-electron chi connectivity index (χ2n) is 3.37. The molecule has 104 valence electrons. The van der Waals surface area contributed by atoms with Crippen LogP contribution in [0.4, 0.5) is 13.2 Å². The molecule has 19 heavy (non-hydrogen) atoms. The summed E-state index contributed by atoms with van der Waals surface area (Å²) in [7, 11) is 0.636. The molecule has 1 aromatic carbocycles. The lowest BCUT2D eigenvalue weighted by Gasteiger charge is -2.15. The maximum absolute atomic E-state index is 12.2. The summed E-state index contributed by atoms with van der Waals surface area (Å²) in [6.45, 7) is 1.49. The summed E-state index contributed by atoms with van der Waals surface area (Å²) in [6.07, 6.45) is -5.05. The van der Waals surface area contributed by atoms with E-state index >= 15 is 0 Å². The van der Waals surface area contributed by atoms with Crippen molar-refractivity contribution in [2.75, 3.05) is 0 Å². The SMILES string of the molecule is CCc1c(C#N)ccc(OC(F)(F)F)c1S(=O)(=O)Cl. The first-order chi connectivity index (χ1) is 8.60. The number of hydrogen-bond donors (Lipinski definition) is 0. The van der Waals surface area contributed by atoms with Gasteiger partial charge >= 0.3 is 6.36 Å². The second kappa shape index (κ2) is 5.27. The van der Waals surface area contributed by atoms with E-state index in [1.54, 1.807) is 6.07 Å². The second-order valence-corrected chi connectivity index (χ2v) is 5.87. The Morgan fingerprint density at radius 3 is 2.37 bits per heavy atom. The minimum absolute atomic E-state index is 0.0131. The van der Waals surface area contributed by atoms with E-state index in [-0.39, 0.29) is 17.5 Å². The molecule has 0 radical (unpaired) electrons. The number of rotatable bonds is 3. The third kappa shape index (κ3) is 3.75. The Bertz CT molecular complexity index is 635. The Hall–Kier alpha value is -1.46. The van der Waals surface area contributed by atoms with Crippen LogP contribution in [-0.2, 0) is 15.5 Å². The average molecular weight is 314 g/mol. The van der Waals surface area contributed by atoms with E-state index in [0.29, 0.717) is 0 Å². The molecule has 0 fully saturated rings. The molecular weight excluding hydrogens is 307 g/mol. The summed E-state index contributed by atoms with van der Waals surface area (Å²) >= 11 is 0. The van der Waals surface area contributed by atoms with Gasteiger partial charge in [-0.3, -0.25) is 0 Å². The summed E-state index contributed by atoms with van der Waals surface area (Å²) in [5.74, 6) is -0.946. The molecule has 0 saturated carbocycles. The zero-order chi connectivity index (χ0) is 14.8. The molecule has 0 bridgehead atoms. The van der Waals surface area contributed by atoms with Crippen LogP contribution < -0.4 is 4.74 Å². The fourth-order valence-electron chi connectivity index (χ4n) is 1.53. The van der Waals surface area contributed by atoms with Gasteiger partial charge in [0.1, 0.15) is 10.6 Å². The fraction of sp³-hybridized carbons (Fsp3) is 0.300. The van der Waals surface area contributed by atoms with Crippen molar-refractivity contribution in [2.45, 2.75) is 24.6 Å². The number of ether oxygens (including phenoxy) is 1. The molecule has 0 aliphatic carbocycles. The van der Waals surface area contributed by atoms with E-state index in [2.05, 4.69) is 4.74 Å². The van der Waals surface area contributed by atoms with Gasteiger partial charge in [-0.25, -0.2) is 8.42 Å². The summed E-state index contributed by atoms with van der Waals surface area (Å²) < 4.78 is 63.0. The minimum atomic E-state index is -5.06. The maximum atomic E-state index is 12.2. The van der Waals surface area contributed by atoms with Gasteiger partial charge in [-0.1, -0.05) is 6.92 Å². The highest BCUT2D eigenvalue weighted by molar-refractivity contribution is 8.13. The molecule has 1 aromatic rings. The van der Waals surface area contributed by atoms with E-state index in [4.69, 9.17) is 15.9 Å². The quantitative estimate of drug-likeness (QED) is 0.805. The predicted octanol–water partition coefficient (Wildman–Crippen LogP) is 2.95. The van der Waals surface area contributed by atoms with Crippen LogP contribution in [-0.4, -0.2) is 14.8 Å². The molecule has 1 rings (SSSR count). The maximum Gasteiger partial charge on any atom is 0.573 e. The highest BCUT2D eigenvalue weighted by atomic mass is 35.7. The highest BCUT2D eigenvalue weighted by Crippen LogP contribution is 2.36. The normalized spacial score (nSPS) is 12.0. The number of hydrogen-bond acceptors (Lipinski definition) is 4. The molecule has 0 N–H and O–H groups in total. The van der Waals surface area contributed by atoms with Crippen LogP contribution in [0.5, 0.6) is 5.75 Å². The first kappa shape index (κ1) is 15.6. The fourth-order valence-corrected chi connectivity index (χ4v) is 2.94. The molecule has 4 nitrogen and oxygen atoms in total. The monoisotopic (exact) mass is 313 g/mol. The minimum Gasteiger partial charge on any atom is -0.404 e. The van der Waals surface area contributed by atoms with Crippen molar-refractivity contribution in [3.63, 3.8) is 0 Å². The zero-order valence-corrected chi connectivity index (χ0v) is 11.0. The van der Waals surface area contributed by atoms with Crippen molar-refractivity contribution in [1.29, 1.82) is 5.26 Å². The first-order valence-electron chi connectivity index (χ1n) is 4.86. The van der Waals surface area contributed by atoms with Gasteiger partial charge in [-0.15, -0.1) is 13.2 Å². The molecule has 0 aromatic heterocycles. The van der Waals surface area contributed by atoms with Gasteiger partial charge in [0.05, 0.1) is 11.6 Å². The Labute approximate surface area is 111 Å². The lowest BCUT2D eigenvalue weighted by molar-refractivity contribution is -0.275. The molecular formula is C10H7ClF3NO3S. The van der Waals surface area contributed by atoms with E-state index in [9.17, 15) is 21.6 Å². The number of halogens is 4. The molecule has 0 atom stereocenters. The van der Waals surface area contributed by atoms with Gasteiger partial charge in [-0.05, 0) is 24.1 Å². The van der Waals surface area contributed by atoms with Crippen molar-refractivity contribution in [1.82, 2.24) is 0 Å². The number of benzene rings is 1. The van der Waals surface area contributed by atoms with Crippen LogP contribution >= 0.6 is 10.7 Å². The molecule has 0 aliphatic heterocycles. The average Bonchev–Trinajstić information content (AvgIpc) is 2.24. The topological polar surface area (TPSA) is 67.2 Å². The summed E-state index contributed by atoms with van der Waals surface area (Å²) in [5, 5.41) is 8.81. The van der Waals surface area contributed by atoms with Gasteiger partial charge < -0.3 is 4.74 Å². The van der Waals surface area contributed by atoms with Crippen molar-refractivity contribution in [3.05, 3.63) is 23.3 Å². The largest absolute Gasteiger partial charge is 0.573 e. The van der Waals surface area contributed by atoms with Crippen LogP contribution in [0.25, 0.3) is 0 Å². The number of nitriles is 1. The highest BCUT2D eigenvalue weighted by Gasteiger charge is 2.35. The third-order valence-electron chi connectivity index (χ3n) is 2.17. The molecule has 0 saturated heterocycles. The van der Waals surface area contributed by atoms with Crippen molar-refractivity contribution < 1.29 is 26.3 Å². The molecule has 0 amide bonds. The van der Waals surface area contributed by atoms with Crippen LogP contribution in [0.2, 0.25) is 0 Å². The van der Waals surface area contributed by atoms with Gasteiger partial charge in [-0.2, -0.15) is 5.26 Å². The predicted molar refractivity (Wildman–Crippen MR) is 60.3 cm³/mol. The van der Waals surface area contributed by atoms with E-state index in [1.165, 1.54) is 6.92 Å². The van der Waals surface area contributed by atoms with E-state index in [0.717, 1.165) is 12.1 Å². The van der Waals surface area contributed by atoms with E-state index in [1.807, 2.05) is 0 Å². The molecule has 0 aliphatic rings. The Morgan fingerprint density at radius 1 is 1.42 bits per heavy atom. The van der Waals surface area contributed by atoms with Gasteiger partial charge in [0.25, 0.3) is 9.05 Å². The van der Waals surface area contributed by atoms with Crippen molar-refractivity contribution in [2.24, 2.45) is 0 Å². The van der Waals surface area contributed by atoms with Gasteiger partial charge in [0.15, 0.2) is 0 Å². The van der Waals surface area contributed by atoms with Crippen molar-refractivity contribution >= 4 is 19.7 Å². The lowest BCUT2D eigenvalue weighted by Crippen LogP contribution is -2.19. The number of nitrogens with zero attached hydrogens (tertiary/aromatic N) is 1. The Morgan fingerprint density at radius 2 is 2.00 bits per heavy atom. The molecule has 0 unspecified atom stereocenters. The molecule has 0 heterocycles. The molecule has 9 heteroatoms. The van der Waals surface area contributed by atoms with Crippen molar-refractivity contribution in [3.8, 4) is 11.8 Å². The van der Waals surface area contributed by atoms with Crippen LogP contribution in [0.3, 0.4) is 0 Å². The molecule has 0 spiro atoms. The third-order valence-corrected chi connectivity index (χ3v) is 3.57.